The van der Waals surface area contributed by atoms with Crippen LogP contribution >= 0.6 is 0 Å². The van der Waals surface area contributed by atoms with Crippen LogP contribution in [-0.2, 0) is 41.9 Å². The molecule has 2 aliphatic carbocycles. The van der Waals surface area contributed by atoms with Crippen molar-refractivity contribution >= 4 is 21.7 Å². The van der Waals surface area contributed by atoms with Gasteiger partial charge in [-0.3, -0.25) is 0 Å². The number of carbonyl (C=O) groups excluding carboxylic acids is 1. The van der Waals surface area contributed by atoms with Crippen molar-refractivity contribution in [2.75, 3.05) is 5.32 Å². The van der Waals surface area contributed by atoms with E-state index >= 15 is 0 Å². The molecule has 0 saturated carbocycles. The van der Waals surface area contributed by atoms with E-state index in [0.29, 0.717) is 11.8 Å². The van der Waals surface area contributed by atoms with Gasteiger partial charge in [0.15, 0.2) is 0 Å². The highest BCUT2D eigenvalue weighted by Gasteiger charge is 2.39. The predicted molar refractivity (Wildman–Crippen MR) is 96.9 cm³/mol. The van der Waals surface area contributed by atoms with Crippen molar-refractivity contribution in [3.8, 4) is 0 Å². The SMILES string of the molecule is O=C(Nc1c2c(cc3c1CCC3)CCC2)NS(=O)(=O)c1nnccc1C(F)(F)F. The van der Waals surface area contributed by atoms with Crippen LogP contribution in [0.4, 0.5) is 23.7 Å². The fourth-order valence-electron chi connectivity index (χ4n) is 4.01. The first-order chi connectivity index (χ1) is 13.7. The Morgan fingerprint density at radius 2 is 1.66 bits per heavy atom. The molecule has 0 atom stereocenters. The predicted octanol–water partition coefficient (Wildman–Crippen LogP) is 2.98. The number of amides is 2. The molecule has 0 bridgehead atoms. The second kappa shape index (κ2) is 6.97. The van der Waals surface area contributed by atoms with Crippen LogP contribution in [0.25, 0.3) is 0 Å². The number of benzene rings is 1. The molecule has 0 radical (unpaired) electrons. The summed E-state index contributed by atoms with van der Waals surface area (Å²) in [6, 6.07) is 1.51. The van der Waals surface area contributed by atoms with Gasteiger partial charge in [-0.25, -0.2) is 9.52 Å². The van der Waals surface area contributed by atoms with E-state index in [-0.39, 0.29) is 0 Å². The van der Waals surface area contributed by atoms with E-state index in [2.05, 4.69) is 21.6 Å². The summed E-state index contributed by atoms with van der Waals surface area (Å²) in [6.07, 6.45) is 0.914. The van der Waals surface area contributed by atoms with Gasteiger partial charge in [-0.05, 0) is 66.8 Å². The molecular formula is C18H17F3N4O3S. The summed E-state index contributed by atoms with van der Waals surface area (Å²) in [7, 11) is -4.88. The molecule has 29 heavy (non-hydrogen) atoms. The van der Waals surface area contributed by atoms with E-state index in [9.17, 15) is 26.4 Å². The number of sulfonamides is 1. The molecule has 1 aromatic carbocycles. The summed E-state index contributed by atoms with van der Waals surface area (Å²) >= 11 is 0. The van der Waals surface area contributed by atoms with Gasteiger partial charge in [0.05, 0.1) is 11.8 Å². The topological polar surface area (TPSA) is 101 Å². The third-order valence-electron chi connectivity index (χ3n) is 5.19. The monoisotopic (exact) mass is 426 g/mol. The van der Waals surface area contributed by atoms with Crippen molar-refractivity contribution in [2.24, 2.45) is 0 Å². The van der Waals surface area contributed by atoms with Gasteiger partial charge in [-0.15, -0.1) is 5.10 Å². The summed E-state index contributed by atoms with van der Waals surface area (Å²) in [5.41, 5.74) is 3.27. The number of aromatic nitrogens is 2. The number of carbonyl (C=O) groups is 1. The molecular weight excluding hydrogens is 409 g/mol. The molecule has 0 saturated heterocycles. The molecule has 2 aliphatic rings. The van der Waals surface area contributed by atoms with Crippen LogP contribution in [0.1, 0.15) is 40.7 Å². The molecule has 154 valence electrons. The Bertz CT molecular complexity index is 1070. The highest BCUT2D eigenvalue weighted by atomic mass is 32.2. The summed E-state index contributed by atoms with van der Waals surface area (Å²) in [6.45, 7) is 0. The fourth-order valence-corrected chi connectivity index (χ4v) is 5.03. The number of hydrogen-bond acceptors (Lipinski definition) is 5. The first-order valence-corrected chi connectivity index (χ1v) is 10.5. The third kappa shape index (κ3) is 3.66. The van der Waals surface area contributed by atoms with Gasteiger partial charge in [0.2, 0.25) is 5.03 Å². The number of rotatable bonds is 3. The van der Waals surface area contributed by atoms with E-state index in [1.807, 2.05) is 0 Å². The van der Waals surface area contributed by atoms with Crippen molar-refractivity contribution in [1.82, 2.24) is 14.9 Å². The van der Waals surface area contributed by atoms with Crippen LogP contribution in [0, 0.1) is 0 Å². The molecule has 0 fully saturated rings. The van der Waals surface area contributed by atoms with E-state index < -0.39 is 32.8 Å². The average molecular weight is 426 g/mol. The van der Waals surface area contributed by atoms with E-state index in [4.69, 9.17) is 0 Å². The van der Waals surface area contributed by atoms with Gasteiger partial charge in [-0.2, -0.15) is 26.7 Å². The summed E-state index contributed by atoms with van der Waals surface area (Å²) < 4.78 is 65.7. The zero-order valence-electron chi connectivity index (χ0n) is 15.1. The molecule has 2 amide bonds. The lowest BCUT2D eigenvalue weighted by Crippen LogP contribution is -2.36. The number of fused-ring (bicyclic) bond motifs is 2. The largest absolute Gasteiger partial charge is 0.419 e. The average Bonchev–Trinajstić information content (AvgIpc) is 3.29. The number of nitrogens with zero attached hydrogens (tertiary/aromatic N) is 2. The first-order valence-electron chi connectivity index (χ1n) is 9.06. The van der Waals surface area contributed by atoms with Crippen molar-refractivity contribution < 1.29 is 26.4 Å². The van der Waals surface area contributed by atoms with Crippen LogP contribution < -0.4 is 10.0 Å². The highest BCUT2D eigenvalue weighted by Crippen LogP contribution is 2.38. The summed E-state index contributed by atoms with van der Waals surface area (Å²) in [5.74, 6) is 0. The van der Waals surface area contributed by atoms with E-state index in [0.717, 1.165) is 67.0 Å². The first kappa shape index (κ1) is 19.6. The lowest BCUT2D eigenvalue weighted by atomic mass is 9.99. The lowest BCUT2D eigenvalue weighted by molar-refractivity contribution is -0.140. The number of anilines is 1. The molecule has 11 heteroatoms. The number of halogens is 3. The highest BCUT2D eigenvalue weighted by molar-refractivity contribution is 7.90. The van der Waals surface area contributed by atoms with Crippen LogP contribution in [0.5, 0.6) is 0 Å². The van der Waals surface area contributed by atoms with Crippen molar-refractivity contribution in [3.63, 3.8) is 0 Å². The smallest absolute Gasteiger partial charge is 0.307 e. The quantitative estimate of drug-likeness (QED) is 0.786. The number of nitrogens with one attached hydrogen (secondary N) is 2. The molecule has 1 aromatic heterocycles. The second-order valence-electron chi connectivity index (χ2n) is 7.04. The van der Waals surface area contributed by atoms with Gasteiger partial charge < -0.3 is 5.32 Å². The number of aryl methyl sites for hydroxylation is 2. The molecule has 2 aromatic rings. The van der Waals surface area contributed by atoms with E-state index in [1.165, 1.54) is 0 Å². The fraction of sp³-hybridized carbons (Fsp3) is 0.389. The van der Waals surface area contributed by atoms with Gasteiger partial charge in [0.25, 0.3) is 10.0 Å². The minimum atomic E-state index is -4.96. The maximum atomic E-state index is 13.1. The number of urea groups is 1. The van der Waals surface area contributed by atoms with E-state index in [1.54, 1.807) is 4.72 Å². The molecule has 2 N–H and O–H groups in total. The normalized spacial score (nSPS) is 15.7. The Morgan fingerprint density at radius 3 is 2.24 bits per heavy atom. The molecule has 0 spiro atoms. The van der Waals surface area contributed by atoms with Crippen LogP contribution in [0.2, 0.25) is 0 Å². The maximum absolute atomic E-state index is 13.1. The standard InChI is InChI=1S/C18H17F3N4O3S/c19-18(20,21)14-7-8-22-24-16(14)29(27,28)25-17(26)23-15-12-5-1-3-10(12)9-11-4-2-6-13(11)15/h7-9H,1-6H2,(H2,23,25,26). The number of alkyl halides is 3. The van der Waals surface area contributed by atoms with Crippen LogP contribution in [0.15, 0.2) is 23.4 Å². The van der Waals surface area contributed by atoms with Gasteiger partial charge in [-0.1, -0.05) is 6.07 Å². The minimum Gasteiger partial charge on any atom is -0.307 e. The van der Waals surface area contributed by atoms with Gasteiger partial charge in [0.1, 0.15) is 0 Å². The Morgan fingerprint density at radius 1 is 1.03 bits per heavy atom. The second-order valence-corrected chi connectivity index (χ2v) is 8.64. The maximum Gasteiger partial charge on any atom is 0.419 e. The van der Waals surface area contributed by atoms with Crippen molar-refractivity contribution in [2.45, 2.75) is 49.7 Å². The Kier molecular flexibility index (Phi) is 4.72. The molecule has 7 nitrogen and oxygen atoms in total. The molecule has 0 unspecified atom stereocenters. The Hall–Kier alpha value is -2.69. The summed E-state index contributed by atoms with van der Waals surface area (Å²) in [5, 5.41) is 7.53. The van der Waals surface area contributed by atoms with Gasteiger partial charge >= 0.3 is 12.2 Å². The van der Waals surface area contributed by atoms with Crippen LogP contribution in [-0.4, -0.2) is 24.6 Å². The van der Waals surface area contributed by atoms with Crippen LogP contribution in [0.3, 0.4) is 0 Å². The third-order valence-corrected chi connectivity index (χ3v) is 6.45. The lowest BCUT2D eigenvalue weighted by Gasteiger charge is -2.17. The van der Waals surface area contributed by atoms with Crippen molar-refractivity contribution in [3.05, 3.63) is 46.1 Å². The Labute approximate surface area is 164 Å². The number of hydrogen-bond donors (Lipinski definition) is 2. The van der Waals surface area contributed by atoms with Crippen molar-refractivity contribution in [1.29, 1.82) is 0 Å². The zero-order valence-corrected chi connectivity index (χ0v) is 16.0. The zero-order chi connectivity index (χ0) is 20.8. The Balaban J connectivity index is 1.62. The summed E-state index contributed by atoms with van der Waals surface area (Å²) in [4.78, 5) is 12.4. The van der Waals surface area contributed by atoms with Gasteiger partial charge in [0, 0.05) is 5.69 Å². The molecule has 1 heterocycles. The minimum absolute atomic E-state index is 0.496. The molecule has 0 aliphatic heterocycles. The molecule has 4 rings (SSSR count).